The second-order valence-electron chi connectivity index (χ2n) is 12.7. The van der Waals surface area contributed by atoms with Crippen LogP contribution in [0, 0.1) is 29.3 Å². The molecule has 2 aliphatic carbocycles. The lowest BCUT2D eigenvalue weighted by molar-refractivity contribution is -0.222. The van der Waals surface area contributed by atoms with Crippen LogP contribution in [-0.4, -0.2) is 11.3 Å². The summed E-state index contributed by atoms with van der Waals surface area (Å²) in [6, 6.07) is 13.8. The lowest BCUT2D eigenvalue weighted by Crippen LogP contribution is -2.37. The summed E-state index contributed by atoms with van der Waals surface area (Å²) in [6.45, 7) is 2.25. The summed E-state index contributed by atoms with van der Waals surface area (Å²) in [6.07, 6.45) is 8.77. The van der Waals surface area contributed by atoms with Crippen LogP contribution in [-0.2, 0) is 0 Å². The maximum Gasteiger partial charge on any atom is 0.400 e. The van der Waals surface area contributed by atoms with E-state index in [2.05, 4.69) is 48.4 Å². The molecule has 0 bridgehead atoms. The highest BCUT2D eigenvalue weighted by Gasteiger charge is 2.44. The van der Waals surface area contributed by atoms with Gasteiger partial charge in [-0.3, -0.25) is 0 Å². The lowest BCUT2D eigenvalue weighted by Gasteiger charge is -2.33. The van der Waals surface area contributed by atoms with Crippen LogP contribution in [0.25, 0.3) is 11.1 Å². The number of hydrogen-bond donors (Lipinski definition) is 0. The number of thiocarbonyl (C=S) groups is 1. The molecule has 240 valence electrons. The predicted octanol–water partition coefficient (Wildman–Crippen LogP) is 12.3. The minimum Gasteiger partial charge on any atom is -0.432 e. The number of ether oxygens (including phenoxy) is 1. The van der Waals surface area contributed by atoms with E-state index in [-0.39, 0.29) is 35.6 Å². The molecule has 0 saturated heterocycles. The van der Waals surface area contributed by atoms with Crippen molar-refractivity contribution in [3.63, 3.8) is 0 Å². The van der Waals surface area contributed by atoms with E-state index in [4.69, 9.17) is 4.74 Å². The highest BCUT2D eigenvalue weighted by molar-refractivity contribution is 7.78. The zero-order chi connectivity index (χ0) is 32.0. The van der Waals surface area contributed by atoms with Gasteiger partial charge in [0, 0.05) is 11.6 Å². The van der Waals surface area contributed by atoms with Gasteiger partial charge >= 0.3 is 6.11 Å². The number of hydrogen-bond acceptors (Lipinski definition) is 3. The Balaban J connectivity index is 1.14. The number of nitrogens with zero attached hydrogens (tertiary/aromatic N) is 1. The van der Waals surface area contributed by atoms with Gasteiger partial charge in [0.2, 0.25) is 0 Å². The third-order valence-electron chi connectivity index (χ3n) is 9.82. The largest absolute Gasteiger partial charge is 0.432 e. The Morgan fingerprint density at radius 2 is 1.36 bits per heavy atom. The second kappa shape index (κ2) is 15.0. The molecule has 2 fully saturated rings. The van der Waals surface area contributed by atoms with Crippen LogP contribution in [0.3, 0.4) is 0 Å². The summed E-state index contributed by atoms with van der Waals surface area (Å²) in [5, 5.41) is 1.89. The molecule has 0 amide bonds. The molecule has 0 atom stereocenters. The van der Waals surface area contributed by atoms with Crippen LogP contribution in [0.2, 0.25) is 0 Å². The van der Waals surface area contributed by atoms with E-state index >= 15 is 8.78 Å². The fourth-order valence-electron chi connectivity index (χ4n) is 7.18. The van der Waals surface area contributed by atoms with Crippen molar-refractivity contribution in [3.8, 4) is 16.9 Å². The van der Waals surface area contributed by atoms with E-state index in [1.165, 1.54) is 68.6 Å². The molecule has 2 saturated carbocycles. The number of benzene rings is 3. The summed E-state index contributed by atoms with van der Waals surface area (Å²) in [5.74, 6) is -2.67. The fraction of sp³-hybridized carbons (Fsp3) is 0.486. The van der Waals surface area contributed by atoms with Crippen LogP contribution >= 0.6 is 12.2 Å². The Labute approximate surface area is 268 Å². The Morgan fingerprint density at radius 1 is 0.778 bits per heavy atom. The van der Waals surface area contributed by atoms with Crippen LogP contribution in [0.5, 0.6) is 5.75 Å². The van der Waals surface area contributed by atoms with E-state index in [1.54, 1.807) is 0 Å². The fourth-order valence-corrected chi connectivity index (χ4v) is 7.27. The molecule has 0 heterocycles. The first-order chi connectivity index (χ1) is 21.7. The summed E-state index contributed by atoms with van der Waals surface area (Å²) < 4.78 is 78.8. The number of aliphatic imine (C=N–C) groups is 1. The van der Waals surface area contributed by atoms with Crippen molar-refractivity contribution in [2.24, 2.45) is 16.8 Å². The van der Waals surface area contributed by atoms with Crippen molar-refractivity contribution in [1.29, 1.82) is 0 Å². The Kier molecular flexibility index (Phi) is 11.1. The van der Waals surface area contributed by atoms with Crippen LogP contribution < -0.4 is 4.74 Å². The standard InChI is InChI=1S/C37H40F5NOS/c1-2-3-4-5-24-6-8-25(9-7-24)26-10-12-27(13-11-26)28-14-16-30(17-15-28)37(41,42)44-31-18-19-32(33(38)22-31)29-20-34(39)36(43-23-45)35(40)21-29/h10-13,18-22,24-25,28,30H,2-9,14-17H2,1H3. The molecular formula is C37H40F5NOS. The van der Waals surface area contributed by atoms with Gasteiger partial charge in [-0.2, -0.15) is 13.8 Å². The molecule has 45 heavy (non-hydrogen) atoms. The average molecular weight is 642 g/mol. The van der Waals surface area contributed by atoms with E-state index in [0.717, 1.165) is 30.2 Å². The molecule has 0 aromatic heterocycles. The summed E-state index contributed by atoms with van der Waals surface area (Å²) in [4.78, 5) is 3.33. The van der Waals surface area contributed by atoms with E-state index < -0.39 is 35.2 Å². The minimum atomic E-state index is -3.49. The third-order valence-corrected chi connectivity index (χ3v) is 9.92. The summed E-state index contributed by atoms with van der Waals surface area (Å²) in [7, 11) is 0. The van der Waals surface area contributed by atoms with E-state index in [0.29, 0.717) is 18.8 Å². The van der Waals surface area contributed by atoms with Gasteiger partial charge < -0.3 is 4.74 Å². The van der Waals surface area contributed by atoms with Gasteiger partial charge in [-0.1, -0.05) is 56.9 Å². The van der Waals surface area contributed by atoms with Crippen LogP contribution in [0.15, 0.2) is 59.6 Å². The molecule has 3 aromatic carbocycles. The first kappa shape index (κ1) is 33.3. The van der Waals surface area contributed by atoms with E-state index in [1.807, 2.05) is 5.16 Å². The Morgan fingerprint density at radius 3 is 1.89 bits per heavy atom. The molecule has 0 spiro atoms. The number of rotatable bonds is 11. The number of alkyl halides is 2. The highest BCUT2D eigenvalue weighted by Crippen LogP contribution is 2.44. The first-order valence-corrected chi connectivity index (χ1v) is 16.6. The van der Waals surface area contributed by atoms with Gasteiger partial charge in [-0.25, -0.2) is 13.2 Å². The zero-order valence-electron chi connectivity index (χ0n) is 25.6. The lowest BCUT2D eigenvalue weighted by atomic mass is 9.75. The van der Waals surface area contributed by atoms with E-state index in [9.17, 15) is 13.2 Å². The number of halogens is 5. The van der Waals surface area contributed by atoms with Crippen molar-refractivity contribution >= 4 is 23.1 Å². The maximum absolute atomic E-state index is 15.2. The molecule has 0 N–H and O–H groups in total. The number of unbranched alkanes of at least 4 members (excludes halogenated alkanes) is 2. The van der Waals surface area contributed by atoms with Crippen molar-refractivity contribution in [1.82, 2.24) is 0 Å². The third kappa shape index (κ3) is 8.20. The topological polar surface area (TPSA) is 21.6 Å². The predicted molar refractivity (Wildman–Crippen MR) is 172 cm³/mol. The minimum absolute atomic E-state index is 0.110. The molecule has 2 nitrogen and oxygen atoms in total. The van der Waals surface area contributed by atoms with Gasteiger partial charge in [-0.15, -0.1) is 0 Å². The quantitative estimate of drug-likeness (QED) is 0.0899. The highest BCUT2D eigenvalue weighted by atomic mass is 32.1. The normalized spacial score (nSPS) is 22.1. The number of isothiocyanates is 1. The monoisotopic (exact) mass is 641 g/mol. The SMILES string of the molecule is CCCCCC1CCC(c2ccc(C3CCC(C(F)(F)Oc4ccc(-c5cc(F)c(N=C=S)c(F)c5)c(F)c4)CC3)cc2)CC1. The molecule has 2 aliphatic rings. The van der Waals surface area contributed by atoms with Gasteiger partial charge in [0.1, 0.15) is 17.3 Å². The molecule has 0 unspecified atom stereocenters. The molecule has 0 radical (unpaired) electrons. The van der Waals surface area contributed by atoms with Gasteiger partial charge in [0.25, 0.3) is 0 Å². The van der Waals surface area contributed by atoms with Crippen LogP contribution in [0.4, 0.5) is 27.6 Å². The maximum atomic E-state index is 15.2. The van der Waals surface area contributed by atoms with Crippen LogP contribution in [0.1, 0.15) is 107 Å². The molecule has 8 heteroatoms. The van der Waals surface area contributed by atoms with Crippen molar-refractivity contribution in [3.05, 3.63) is 83.2 Å². The summed E-state index contributed by atoms with van der Waals surface area (Å²) >= 11 is 4.39. The molecule has 3 aromatic rings. The molecule has 5 rings (SSSR count). The van der Waals surface area contributed by atoms with Gasteiger partial charge in [0.05, 0.1) is 11.1 Å². The Bertz CT molecular complexity index is 1460. The molecule has 0 aliphatic heterocycles. The zero-order valence-corrected chi connectivity index (χ0v) is 26.5. The average Bonchev–Trinajstić information content (AvgIpc) is 3.03. The summed E-state index contributed by atoms with van der Waals surface area (Å²) in [5.41, 5.74) is 1.68. The van der Waals surface area contributed by atoms with Crippen molar-refractivity contribution in [2.75, 3.05) is 0 Å². The first-order valence-electron chi connectivity index (χ1n) is 16.2. The Hall–Kier alpha value is -3.09. The van der Waals surface area contributed by atoms with Gasteiger partial charge in [-0.05, 0) is 122 Å². The molecular weight excluding hydrogens is 601 g/mol. The van der Waals surface area contributed by atoms with Crippen molar-refractivity contribution in [2.45, 2.75) is 102 Å². The van der Waals surface area contributed by atoms with Gasteiger partial charge in [0.15, 0.2) is 11.6 Å². The second-order valence-corrected chi connectivity index (χ2v) is 12.9. The smallest absolute Gasteiger partial charge is 0.400 e. The van der Waals surface area contributed by atoms with Crippen molar-refractivity contribution < 1.29 is 26.7 Å².